The molecular weight excluding hydrogens is 246 g/mol. The van der Waals surface area contributed by atoms with Crippen LogP contribution in [-0.4, -0.2) is 49.7 Å². The third kappa shape index (κ3) is 3.69. The van der Waals surface area contributed by atoms with Crippen LogP contribution in [0.5, 0.6) is 0 Å². The second-order valence-electron chi connectivity index (χ2n) is 5.35. The average Bonchev–Trinajstić information content (AvgIpc) is 2.48. The molecule has 2 aliphatic rings. The topological polar surface area (TPSA) is 55.8 Å². The summed E-state index contributed by atoms with van der Waals surface area (Å²) < 4.78 is 10.0. The van der Waals surface area contributed by atoms with E-state index in [1.54, 1.807) is 0 Å². The number of carbonyl (C=O) groups is 2. The van der Waals surface area contributed by atoms with Crippen LogP contribution in [0.15, 0.2) is 0 Å². The van der Waals surface area contributed by atoms with Gasteiger partial charge in [0.1, 0.15) is 0 Å². The van der Waals surface area contributed by atoms with Crippen LogP contribution in [0.4, 0.5) is 0 Å². The minimum absolute atomic E-state index is 0.0246. The van der Waals surface area contributed by atoms with Crippen LogP contribution < -0.4 is 0 Å². The zero-order valence-corrected chi connectivity index (χ0v) is 11.6. The van der Waals surface area contributed by atoms with Crippen molar-refractivity contribution in [2.75, 3.05) is 26.9 Å². The van der Waals surface area contributed by atoms with Crippen LogP contribution in [0.3, 0.4) is 0 Å². The normalized spacial score (nSPS) is 25.1. The van der Waals surface area contributed by atoms with Crippen molar-refractivity contribution >= 4 is 11.9 Å². The average molecular weight is 269 g/mol. The van der Waals surface area contributed by atoms with Crippen molar-refractivity contribution in [2.24, 2.45) is 5.92 Å². The second-order valence-corrected chi connectivity index (χ2v) is 5.35. The maximum Gasteiger partial charge on any atom is 0.307 e. The number of hydrogen-bond acceptors (Lipinski definition) is 4. The zero-order valence-electron chi connectivity index (χ0n) is 11.6. The van der Waals surface area contributed by atoms with Gasteiger partial charge in [0.05, 0.1) is 13.5 Å². The number of ether oxygens (including phenoxy) is 2. The van der Waals surface area contributed by atoms with Crippen LogP contribution in [0.2, 0.25) is 0 Å². The highest BCUT2D eigenvalue weighted by atomic mass is 16.5. The standard InChI is InChI=1S/C14H23NO4/c1-18-13(16)10-12-4-2-3-7-15(12)14(17)11-5-8-19-9-6-11/h11-12H,2-10H2,1H3. The number of esters is 1. The van der Waals surface area contributed by atoms with E-state index in [4.69, 9.17) is 9.47 Å². The number of nitrogens with zero attached hydrogens (tertiary/aromatic N) is 1. The molecule has 0 spiro atoms. The highest BCUT2D eigenvalue weighted by Gasteiger charge is 2.33. The summed E-state index contributed by atoms with van der Waals surface area (Å²) in [5, 5.41) is 0. The Hall–Kier alpha value is -1.10. The van der Waals surface area contributed by atoms with Gasteiger partial charge in [-0.25, -0.2) is 0 Å². The van der Waals surface area contributed by atoms with Gasteiger partial charge < -0.3 is 14.4 Å². The van der Waals surface area contributed by atoms with Gasteiger partial charge in [0.15, 0.2) is 0 Å². The van der Waals surface area contributed by atoms with Crippen molar-refractivity contribution in [3.63, 3.8) is 0 Å². The van der Waals surface area contributed by atoms with Gasteiger partial charge in [-0.05, 0) is 32.1 Å². The van der Waals surface area contributed by atoms with Crippen molar-refractivity contribution in [3.05, 3.63) is 0 Å². The largest absolute Gasteiger partial charge is 0.469 e. The monoisotopic (exact) mass is 269 g/mol. The first-order valence-electron chi connectivity index (χ1n) is 7.17. The summed E-state index contributed by atoms with van der Waals surface area (Å²) in [5.41, 5.74) is 0. The Labute approximate surface area is 114 Å². The van der Waals surface area contributed by atoms with Gasteiger partial charge in [-0.3, -0.25) is 9.59 Å². The SMILES string of the molecule is COC(=O)CC1CCCCN1C(=O)C1CCOCC1. The molecule has 1 unspecified atom stereocenters. The number of hydrogen-bond donors (Lipinski definition) is 0. The number of piperidine rings is 1. The lowest BCUT2D eigenvalue weighted by Gasteiger charge is -2.38. The van der Waals surface area contributed by atoms with Gasteiger partial charge in [-0.1, -0.05) is 0 Å². The Morgan fingerprint density at radius 2 is 1.95 bits per heavy atom. The third-order valence-electron chi connectivity index (χ3n) is 4.11. The molecule has 0 saturated carbocycles. The molecule has 2 heterocycles. The first-order valence-corrected chi connectivity index (χ1v) is 7.17. The van der Waals surface area contributed by atoms with E-state index < -0.39 is 0 Å². The van der Waals surface area contributed by atoms with Crippen molar-refractivity contribution in [1.29, 1.82) is 0 Å². The van der Waals surface area contributed by atoms with Gasteiger partial charge >= 0.3 is 5.97 Å². The number of amides is 1. The first kappa shape index (κ1) is 14.3. The molecule has 0 aliphatic carbocycles. The van der Waals surface area contributed by atoms with Crippen LogP contribution >= 0.6 is 0 Å². The Kier molecular flexibility index (Phi) is 5.19. The van der Waals surface area contributed by atoms with Crippen LogP contribution in [-0.2, 0) is 19.1 Å². The molecule has 108 valence electrons. The molecular formula is C14H23NO4. The summed E-state index contributed by atoms with van der Waals surface area (Å²) in [6.07, 6.45) is 4.96. The molecule has 1 amide bonds. The van der Waals surface area contributed by atoms with Crippen molar-refractivity contribution in [2.45, 2.75) is 44.6 Å². The van der Waals surface area contributed by atoms with Gasteiger partial charge in [0, 0.05) is 31.7 Å². The molecule has 5 nitrogen and oxygen atoms in total. The molecule has 5 heteroatoms. The number of rotatable bonds is 3. The van der Waals surface area contributed by atoms with E-state index in [9.17, 15) is 9.59 Å². The lowest BCUT2D eigenvalue weighted by atomic mass is 9.93. The van der Waals surface area contributed by atoms with E-state index in [0.29, 0.717) is 19.6 Å². The summed E-state index contributed by atoms with van der Waals surface area (Å²) in [4.78, 5) is 25.9. The molecule has 0 aromatic carbocycles. The van der Waals surface area contributed by atoms with E-state index in [0.717, 1.165) is 38.6 Å². The first-order chi connectivity index (χ1) is 9.22. The number of likely N-dealkylation sites (tertiary alicyclic amines) is 1. The Balaban J connectivity index is 1.97. The highest BCUT2D eigenvalue weighted by Crippen LogP contribution is 2.25. The molecule has 0 aromatic rings. The van der Waals surface area contributed by atoms with Crippen LogP contribution in [0.25, 0.3) is 0 Å². The van der Waals surface area contributed by atoms with Crippen LogP contribution in [0, 0.1) is 5.92 Å². The summed E-state index contributed by atoms with van der Waals surface area (Å²) in [6, 6.07) is 0.0246. The number of carbonyl (C=O) groups excluding carboxylic acids is 2. The van der Waals surface area contributed by atoms with Crippen molar-refractivity contribution in [1.82, 2.24) is 4.90 Å². The molecule has 0 bridgehead atoms. The van der Waals surface area contributed by atoms with Crippen molar-refractivity contribution < 1.29 is 19.1 Å². The Bertz CT molecular complexity index is 325. The summed E-state index contributed by atoms with van der Waals surface area (Å²) >= 11 is 0. The quantitative estimate of drug-likeness (QED) is 0.726. The summed E-state index contributed by atoms with van der Waals surface area (Å²) in [6.45, 7) is 2.12. The van der Waals surface area contributed by atoms with E-state index in [-0.39, 0.29) is 23.8 Å². The molecule has 0 N–H and O–H groups in total. The maximum atomic E-state index is 12.6. The van der Waals surface area contributed by atoms with E-state index >= 15 is 0 Å². The zero-order chi connectivity index (χ0) is 13.7. The lowest BCUT2D eigenvalue weighted by Crippen LogP contribution is -2.48. The van der Waals surface area contributed by atoms with E-state index in [2.05, 4.69) is 0 Å². The molecule has 1 atom stereocenters. The second kappa shape index (κ2) is 6.89. The van der Waals surface area contributed by atoms with Gasteiger partial charge in [-0.15, -0.1) is 0 Å². The molecule has 2 rings (SSSR count). The molecule has 0 radical (unpaired) electrons. The predicted octanol–water partition coefficient (Wildman–Crippen LogP) is 1.36. The Morgan fingerprint density at radius 1 is 1.21 bits per heavy atom. The minimum atomic E-state index is -0.225. The fraction of sp³-hybridized carbons (Fsp3) is 0.857. The van der Waals surface area contributed by atoms with E-state index in [1.807, 2.05) is 4.90 Å². The molecule has 2 aliphatic heterocycles. The minimum Gasteiger partial charge on any atom is -0.469 e. The van der Waals surface area contributed by atoms with Gasteiger partial charge in [-0.2, -0.15) is 0 Å². The summed E-state index contributed by atoms with van der Waals surface area (Å²) in [5.74, 6) is 0.0561. The molecule has 19 heavy (non-hydrogen) atoms. The predicted molar refractivity (Wildman–Crippen MR) is 69.5 cm³/mol. The van der Waals surface area contributed by atoms with Crippen LogP contribution in [0.1, 0.15) is 38.5 Å². The molecule has 2 fully saturated rings. The third-order valence-corrected chi connectivity index (χ3v) is 4.11. The molecule has 2 saturated heterocycles. The maximum absolute atomic E-state index is 12.6. The smallest absolute Gasteiger partial charge is 0.307 e. The summed E-state index contributed by atoms with van der Waals surface area (Å²) in [7, 11) is 1.40. The number of methoxy groups -OCH3 is 1. The van der Waals surface area contributed by atoms with Crippen molar-refractivity contribution in [3.8, 4) is 0 Å². The lowest BCUT2D eigenvalue weighted by molar-refractivity contribution is -0.147. The fourth-order valence-electron chi connectivity index (χ4n) is 2.96. The van der Waals surface area contributed by atoms with E-state index in [1.165, 1.54) is 7.11 Å². The van der Waals surface area contributed by atoms with Gasteiger partial charge in [0.25, 0.3) is 0 Å². The molecule has 0 aromatic heterocycles. The fourth-order valence-corrected chi connectivity index (χ4v) is 2.96. The Morgan fingerprint density at radius 3 is 2.63 bits per heavy atom. The highest BCUT2D eigenvalue weighted by molar-refractivity contribution is 5.80. The van der Waals surface area contributed by atoms with Gasteiger partial charge in [0.2, 0.25) is 5.91 Å².